The van der Waals surface area contributed by atoms with Gasteiger partial charge in [-0.25, -0.2) is 0 Å². The summed E-state index contributed by atoms with van der Waals surface area (Å²) < 4.78 is 2.66. The first-order valence-corrected chi connectivity index (χ1v) is 8.79. The molecule has 122 valence electrons. The Kier molecular flexibility index (Phi) is 5.05. The summed E-state index contributed by atoms with van der Waals surface area (Å²) in [4.78, 5) is 12.4. The van der Waals surface area contributed by atoms with Crippen LogP contribution in [0, 0.1) is 5.92 Å². The standard InChI is InChI=1S/C16H20BrN5O/c1-11(18-16(23)12-5-3-2-4-6-12)15-19-20-21-22(15)14-9-7-13(17)8-10-14/h7-12H,2-6H2,1H3,(H,18,23). The molecule has 0 spiro atoms. The molecule has 1 aromatic carbocycles. The largest absolute Gasteiger partial charge is 0.346 e. The molecule has 0 aliphatic heterocycles. The molecular weight excluding hydrogens is 358 g/mol. The van der Waals surface area contributed by atoms with Gasteiger partial charge in [0, 0.05) is 10.4 Å². The normalized spacial score (nSPS) is 17.0. The predicted molar refractivity (Wildman–Crippen MR) is 90.0 cm³/mol. The Labute approximate surface area is 143 Å². The van der Waals surface area contributed by atoms with Crippen molar-refractivity contribution in [1.82, 2.24) is 25.5 Å². The highest BCUT2D eigenvalue weighted by Crippen LogP contribution is 2.25. The van der Waals surface area contributed by atoms with Crippen LogP contribution in [0.15, 0.2) is 28.7 Å². The Morgan fingerprint density at radius 1 is 1.26 bits per heavy atom. The Morgan fingerprint density at radius 3 is 2.65 bits per heavy atom. The van der Waals surface area contributed by atoms with Crippen LogP contribution in [0.1, 0.15) is 50.9 Å². The number of nitrogens with one attached hydrogen (secondary N) is 1. The number of halogens is 1. The van der Waals surface area contributed by atoms with Crippen LogP contribution in [0.3, 0.4) is 0 Å². The van der Waals surface area contributed by atoms with E-state index >= 15 is 0 Å². The number of benzene rings is 1. The van der Waals surface area contributed by atoms with Gasteiger partial charge in [-0.3, -0.25) is 4.79 Å². The molecule has 1 fully saturated rings. The van der Waals surface area contributed by atoms with E-state index < -0.39 is 0 Å². The van der Waals surface area contributed by atoms with E-state index in [1.165, 1.54) is 6.42 Å². The van der Waals surface area contributed by atoms with Gasteiger partial charge in [-0.05, 0) is 54.5 Å². The molecule has 1 unspecified atom stereocenters. The van der Waals surface area contributed by atoms with Crippen molar-refractivity contribution in [3.8, 4) is 5.69 Å². The van der Waals surface area contributed by atoms with Gasteiger partial charge in [0.2, 0.25) is 5.91 Å². The number of aromatic nitrogens is 4. The zero-order valence-corrected chi connectivity index (χ0v) is 14.7. The summed E-state index contributed by atoms with van der Waals surface area (Å²) in [6, 6.07) is 7.50. The van der Waals surface area contributed by atoms with E-state index in [1.54, 1.807) is 4.68 Å². The van der Waals surface area contributed by atoms with Crippen molar-refractivity contribution in [2.45, 2.75) is 45.1 Å². The van der Waals surface area contributed by atoms with Gasteiger partial charge in [0.1, 0.15) is 0 Å². The van der Waals surface area contributed by atoms with Crippen LogP contribution >= 0.6 is 15.9 Å². The van der Waals surface area contributed by atoms with Gasteiger partial charge in [-0.15, -0.1) is 5.10 Å². The number of hydrogen-bond acceptors (Lipinski definition) is 4. The van der Waals surface area contributed by atoms with Crippen molar-refractivity contribution in [2.24, 2.45) is 5.92 Å². The number of hydrogen-bond donors (Lipinski definition) is 1. The molecule has 6 nitrogen and oxygen atoms in total. The van der Waals surface area contributed by atoms with E-state index in [0.717, 1.165) is 35.8 Å². The van der Waals surface area contributed by atoms with Crippen molar-refractivity contribution in [3.05, 3.63) is 34.6 Å². The van der Waals surface area contributed by atoms with Crippen molar-refractivity contribution in [3.63, 3.8) is 0 Å². The number of amides is 1. The van der Waals surface area contributed by atoms with Gasteiger partial charge in [0.05, 0.1) is 11.7 Å². The molecule has 1 amide bonds. The first-order chi connectivity index (χ1) is 11.1. The molecular formula is C16H20BrN5O. The molecule has 23 heavy (non-hydrogen) atoms. The predicted octanol–water partition coefficient (Wildman–Crippen LogP) is 3.18. The first-order valence-electron chi connectivity index (χ1n) is 8.00. The summed E-state index contributed by atoms with van der Waals surface area (Å²) in [6.07, 6.45) is 5.49. The Morgan fingerprint density at radius 2 is 1.96 bits per heavy atom. The lowest BCUT2D eigenvalue weighted by Gasteiger charge is -2.22. The van der Waals surface area contributed by atoms with E-state index in [1.807, 2.05) is 31.2 Å². The Balaban J connectivity index is 1.73. The van der Waals surface area contributed by atoms with Crippen LogP contribution in [0.25, 0.3) is 5.69 Å². The number of nitrogens with zero attached hydrogens (tertiary/aromatic N) is 4. The third-order valence-electron chi connectivity index (χ3n) is 4.29. The summed E-state index contributed by atoms with van der Waals surface area (Å²) in [7, 11) is 0. The second-order valence-corrected chi connectivity index (χ2v) is 6.91. The topological polar surface area (TPSA) is 72.7 Å². The number of carbonyl (C=O) groups is 1. The molecule has 1 aliphatic carbocycles. The third-order valence-corrected chi connectivity index (χ3v) is 4.82. The number of rotatable bonds is 4. The van der Waals surface area contributed by atoms with Crippen molar-refractivity contribution in [2.75, 3.05) is 0 Å². The molecule has 7 heteroatoms. The summed E-state index contributed by atoms with van der Waals surface area (Å²) in [5, 5.41) is 15.0. The fourth-order valence-electron chi connectivity index (χ4n) is 2.99. The zero-order valence-electron chi connectivity index (χ0n) is 13.1. The van der Waals surface area contributed by atoms with Crippen LogP contribution in [0.4, 0.5) is 0 Å². The van der Waals surface area contributed by atoms with Gasteiger partial charge in [0.25, 0.3) is 0 Å². The maximum Gasteiger partial charge on any atom is 0.223 e. The summed E-state index contributed by atoms with van der Waals surface area (Å²) >= 11 is 3.42. The van der Waals surface area contributed by atoms with Crippen molar-refractivity contribution < 1.29 is 4.79 Å². The van der Waals surface area contributed by atoms with Crippen LogP contribution < -0.4 is 5.32 Å². The minimum Gasteiger partial charge on any atom is -0.346 e. The monoisotopic (exact) mass is 377 g/mol. The molecule has 0 saturated heterocycles. The molecule has 1 aliphatic rings. The average Bonchev–Trinajstić information content (AvgIpc) is 3.06. The molecule has 1 heterocycles. The zero-order chi connectivity index (χ0) is 16.2. The Bertz CT molecular complexity index is 663. The van der Waals surface area contributed by atoms with E-state index in [-0.39, 0.29) is 17.9 Å². The summed E-state index contributed by atoms with van der Waals surface area (Å²) in [5.41, 5.74) is 0.868. The smallest absolute Gasteiger partial charge is 0.223 e. The maximum atomic E-state index is 12.4. The van der Waals surface area contributed by atoms with E-state index in [2.05, 4.69) is 36.8 Å². The van der Waals surface area contributed by atoms with Crippen molar-refractivity contribution in [1.29, 1.82) is 0 Å². The third kappa shape index (κ3) is 3.77. The van der Waals surface area contributed by atoms with Crippen molar-refractivity contribution >= 4 is 21.8 Å². The molecule has 0 bridgehead atoms. The fraction of sp³-hybridized carbons (Fsp3) is 0.500. The fourth-order valence-corrected chi connectivity index (χ4v) is 3.26. The second-order valence-electron chi connectivity index (χ2n) is 5.99. The van der Waals surface area contributed by atoms with Crippen LogP contribution in [0.5, 0.6) is 0 Å². The minimum absolute atomic E-state index is 0.113. The quantitative estimate of drug-likeness (QED) is 0.887. The molecule has 0 radical (unpaired) electrons. The molecule has 1 N–H and O–H groups in total. The first kappa shape index (κ1) is 16.1. The van der Waals surface area contributed by atoms with Gasteiger partial charge in [-0.2, -0.15) is 4.68 Å². The maximum absolute atomic E-state index is 12.4. The van der Waals surface area contributed by atoms with E-state index in [9.17, 15) is 4.79 Å². The molecule has 1 aromatic heterocycles. The summed E-state index contributed by atoms with van der Waals surface area (Å²) in [6.45, 7) is 1.92. The SMILES string of the molecule is CC(NC(=O)C1CCCCC1)c1nnnn1-c1ccc(Br)cc1. The number of tetrazole rings is 1. The van der Waals surface area contributed by atoms with Gasteiger partial charge >= 0.3 is 0 Å². The van der Waals surface area contributed by atoms with E-state index in [4.69, 9.17) is 0 Å². The lowest BCUT2D eigenvalue weighted by molar-refractivity contribution is -0.126. The Hall–Kier alpha value is -1.76. The van der Waals surface area contributed by atoms with Crippen LogP contribution in [0.2, 0.25) is 0 Å². The van der Waals surface area contributed by atoms with Gasteiger partial charge in [0.15, 0.2) is 5.82 Å². The highest BCUT2D eigenvalue weighted by atomic mass is 79.9. The molecule has 2 aromatic rings. The molecule has 1 saturated carbocycles. The molecule has 1 atom stereocenters. The van der Waals surface area contributed by atoms with Gasteiger partial charge < -0.3 is 5.32 Å². The highest BCUT2D eigenvalue weighted by molar-refractivity contribution is 9.10. The van der Waals surface area contributed by atoms with Gasteiger partial charge in [-0.1, -0.05) is 35.2 Å². The molecule has 3 rings (SSSR count). The lowest BCUT2D eigenvalue weighted by Crippen LogP contribution is -2.34. The number of carbonyl (C=O) groups excluding carboxylic acids is 1. The van der Waals surface area contributed by atoms with E-state index in [0.29, 0.717) is 5.82 Å². The summed E-state index contributed by atoms with van der Waals surface area (Å²) in [5.74, 6) is 0.877. The van der Waals surface area contributed by atoms with Crippen LogP contribution in [-0.2, 0) is 4.79 Å². The minimum atomic E-state index is -0.233. The second kappa shape index (κ2) is 7.21. The average molecular weight is 378 g/mol. The van der Waals surface area contributed by atoms with Crippen LogP contribution in [-0.4, -0.2) is 26.1 Å². The lowest BCUT2D eigenvalue weighted by atomic mass is 9.88. The highest BCUT2D eigenvalue weighted by Gasteiger charge is 2.24.